The monoisotopic (exact) mass is 396 g/mol. The van der Waals surface area contributed by atoms with Crippen molar-refractivity contribution in [3.05, 3.63) is 82.0 Å². The molecule has 0 atom stereocenters. The topological polar surface area (TPSA) is 53.3 Å². The summed E-state index contributed by atoms with van der Waals surface area (Å²) in [6.45, 7) is 1.02. The minimum absolute atomic E-state index is 0.163. The van der Waals surface area contributed by atoms with E-state index in [1.165, 1.54) is 18.9 Å². The number of pyridine rings is 2. The fourth-order valence-electron chi connectivity index (χ4n) is 2.87. The highest BCUT2D eigenvalue weighted by Gasteiger charge is 2.20. The lowest BCUT2D eigenvalue weighted by Gasteiger charge is -2.10. The zero-order valence-electron chi connectivity index (χ0n) is 15.4. The average Bonchev–Trinajstić information content (AvgIpc) is 3.53. The molecule has 1 aliphatic carbocycles. The van der Waals surface area contributed by atoms with E-state index in [9.17, 15) is 4.79 Å². The number of aromatic nitrogens is 2. The Kier molecular flexibility index (Phi) is 5.63. The molecular formula is C22H21ClN2O3. The van der Waals surface area contributed by atoms with Gasteiger partial charge < -0.3 is 9.47 Å². The molecule has 28 heavy (non-hydrogen) atoms. The van der Waals surface area contributed by atoms with Crippen LogP contribution < -0.4 is 15.0 Å². The van der Waals surface area contributed by atoms with Crippen molar-refractivity contribution in [2.75, 3.05) is 6.61 Å². The first kappa shape index (κ1) is 18.6. The first-order valence-electron chi connectivity index (χ1n) is 9.36. The van der Waals surface area contributed by atoms with Crippen LogP contribution in [0.25, 0.3) is 5.69 Å². The maximum absolute atomic E-state index is 12.5. The highest BCUT2D eigenvalue weighted by atomic mass is 35.5. The lowest BCUT2D eigenvalue weighted by atomic mass is 10.3. The molecule has 6 heteroatoms. The first-order chi connectivity index (χ1) is 13.7. The van der Waals surface area contributed by atoms with E-state index in [4.69, 9.17) is 21.1 Å². The lowest BCUT2D eigenvalue weighted by molar-refractivity contribution is 0.300. The summed E-state index contributed by atoms with van der Waals surface area (Å²) in [5.41, 5.74) is 1.36. The SMILES string of the molecule is O=c1cc(OCc2ccc(Cl)cn2)ccn1-c1ccc(OCCC2CC2)cc1. The Morgan fingerprint density at radius 2 is 1.86 bits per heavy atom. The quantitative estimate of drug-likeness (QED) is 0.556. The number of hydrogen-bond donors (Lipinski definition) is 0. The molecule has 2 aromatic heterocycles. The highest BCUT2D eigenvalue weighted by Crippen LogP contribution is 2.32. The Hall–Kier alpha value is -2.79. The molecule has 1 aliphatic rings. The molecule has 0 spiro atoms. The largest absolute Gasteiger partial charge is 0.494 e. The van der Waals surface area contributed by atoms with Crippen LogP contribution in [0.5, 0.6) is 11.5 Å². The maximum atomic E-state index is 12.5. The van der Waals surface area contributed by atoms with Gasteiger partial charge in [-0.2, -0.15) is 0 Å². The summed E-state index contributed by atoms with van der Waals surface area (Å²) in [6, 6.07) is 14.3. The molecular weight excluding hydrogens is 376 g/mol. The van der Waals surface area contributed by atoms with E-state index in [-0.39, 0.29) is 12.2 Å². The van der Waals surface area contributed by atoms with Gasteiger partial charge in [0.15, 0.2) is 0 Å². The van der Waals surface area contributed by atoms with Gasteiger partial charge in [0, 0.05) is 24.1 Å². The summed E-state index contributed by atoms with van der Waals surface area (Å²) in [7, 11) is 0. The Balaban J connectivity index is 1.37. The Morgan fingerprint density at radius 1 is 1.04 bits per heavy atom. The molecule has 1 saturated carbocycles. The van der Waals surface area contributed by atoms with Crippen LogP contribution in [0.15, 0.2) is 65.7 Å². The molecule has 0 N–H and O–H groups in total. The average molecular weight is 397 g/mol. The fraction of sp³-hybridized carbons (Fsp3) is 0.273. The number of nitrogens with zero attached hydrogens (tertiary/aromatic N) is 2. The molecule has 0 amide bonds. The third kappa shape index (κ3) is 4.93. The molecule has 0 radical (unpaired) electrons. The van der Waals surface area contributed by atoms with Crippen molar-refractivity contribution in [2.24, 2.45) is 5.92 Å². The predicted molar refractivity (Wildman–Crippen MR) is 108 cm³/mol. The Labute approximate surface area is 168 Å². The third-order valence-corrected chi connectivity index (χ3v) is 4.90. The minimum atomic E-state index is -0.163. The van der Waals surface area contributed by atoms with Gasteiger partial charge in [-0.3, -0.25) is 14.3 Å². The number of rotatable bonds is 8. The van der Waals surface area contributed by atoms with E-state index in [2.05, 4.69) is 4.98 Å². The summed E-state index contributed by atoms with van der Waals surface area (Å²) in [4.78, 5) is 16.6. The van der Waals surface area contributed by atoms with Gasteiger partial charge >= 0.3 is 0 Å². The molecule has 0 aliphatic heterocycles. The van der Waals surface area contributed by atoms with Gasteiger partial charge in [0.1, 0.15) is 18.1 Å². The van der Waals surface area contributed by atoms with Gasteiger partial charge in [-0.05, 0) is 54.8 Å². The van der Waals surface area contributed by atoms with Gasteiger partial charge in [-0.25, -0.2) is 0 Å². The van der Waals surface area contributed by atoms with E-state index in [1.807, 2.05) is 24.3 Å². The summed E-state index contributed by atoms with van der Waals surface area (Å²) < 4.78 is 13.0. The van der Waals surface area contributed by atoms with E-state index < -0.39 is 0 Å². The van der Waals surface area contributed by atoms with Gasteiger partial charge in [0.25, 0.3) is 5.56 Å². The van der Waals surface area contributed by atoms with Crippen molar-refractivity contribution in [3.63, 3.8) is 0 Å². The molecule has 144 valence electrons. The Bertz CT molecular complexity index is 980. The van der Waals surface area contributed by atoms with Crippen molar-refractivity contribution in [1.82, 2.24) is 9.55 Å². The smallest absolute Gasteiger partial charge is 0.258 e. The van der Waals surface area contributed by atoms with Gasteiger partial charge in [0.2, 0.25) is 0 Å². The molecule has 3 aromatic rings. The zero-order valence-corrected chi connectivity index (χ0v) is 16.1. The van der Waals surface area contributed by atoms with Gasteiger partial charge in [0.05, 0.1) is 17.3 Å². The van der Waals surface area contributed by atoms with Crippen LogP contribution in [0.1, 0.15) is 25.0 Å². The van der Waals surface area contributed by atoms with Crippen LogP contribution in [-0.4, -0.2) is 16.2 Å². The molecule has 1 aromatic carbocycles. The molecule has 0 saturated heterocycles. The standard InChI is InChI=1S/C22H21ClN2O3/c23-17-3-4-18(24-14-17)15-28-21-9-11-25(22(26)13-21)19-5-7-20(8-6-19)27-12-10-16-1-2-16/h3-9,11,13-14,16H,1-2,10,12,15H2. The minimum Gasteiger partial charge on any atom is -0.494 e. The van der Waals surface area contributed by atoms with Crippen molar-refractivity contribution >= 4 is 11.6 Å². The van der Waals surface area contributed by atoms with Crippen molar-refractivity contribution in [2.45, 2.75) is 25.9 Å². The van der Waals surface area contributed by atoms with Crippen LogP contribution in [0.4, 0.5) is 0 Å². The summed E-state index contributed by atoms with van der Waals surface area (Å²) in [5, 5.41) is 0.575. The van der Waals surface area contributed by atoms with Gasteiger partial charge in [-0.15, -0.1) is 0 Å². The number of halogens is 1. The van der Waals surface area contributed by atoms with Crippen LogP contribution in [0.2, 0.25) is 5.02 Å². The second-order valence-electron chi connectivity index (χ2n) is 6.90. The molecule has 1 fully saturated rings. The number of benzene rings is 1. The Morgan fingerprint density at radius 3 is 2.54 bits per heavy atom. The van der Waals surface area contributed by atoms with Crippen LogP contribution in [0, 0.1) is 5.92 Å². The van der Waals surface area contributed by atoms with Crippen LogP contribution in [-0.2, 0) is 6.61 Å². The number of hydrogen-bond acceptors (Lipinski definition) is 4. The predicted octanol–water partition coefficient (Wildman–Crippen LogP) is 4.64. The summed E-state index contributed by atoms with van der Waals surface area (Å²) in [5.74, 6) is 2.18. The molecule has 0 unspecified atom stereocenters. The van der Waals surface area contributed by atoms with Crippen molar-refractivity contribution in [3.8, 4) is 17.2 Å². The number of ether oxygens (including phenoxy) is 2. The summed E-state index contributed by atoms with van der Waals surface area (Å²) in [6.07, 6.45) is 7.06. The van der Waals surface area contributed by atoms with Crippen LogP contribution >= 0.6 is 11.6 Å². The first-order valence-corrected chi connectivity index (χ1v) is 9.74. The maximum Gasteiger partial charge on any atom is 0.258 e. The molecule has 0 bridgehead atoms. The molecule has 2 heterocycles. The fourth-order valence-corrected chi connectivity index (χ4v) is 2.98. The highest BCUT2D eigenvalue weighted by molar-refractivity contribution is 6.30. The van der Waals surface area contributed by atoms with E-state index in [1.54, 1.807) is 35.2 Å². The second kappa shape index (κ2) is 8.48. The van der Waals surface area contributed by atoms with Crippen molar-refractivity contribution in [1.29, 1.82) is 0 Å². The molecule has 4 rings (SSSR count). The summed E-state index contributed by atoms with van der Waals surface area (Å²) >= 11 is 5.82. The van der Waals surface area contributed by atoms with E-state index in [0.29, 0.717) is 10.8 Å². The van der Waals surface area contributed by atoms with Gasteiger partial charge in [-0.1, -0.05) is 24.4 Å². The van der Waals surface area contributed by atoms with E-state index >= 15 is 0 Å². The normalized spacial score (nSPS) is 13.3. The lowest BCUT2D eigenvalue weighted by Crippen LogP contribution is -2.16. The third-order valence-electron chi connectivity index (χ3n) is 4.67. The van der Waals surface area contributed by atoms with Crippen LogP contribution in [0.3, 0.4) is 0 Å². The van der Waals surface area contributed by atoms with E-state index in [0.717, 1.165) is 36.1 Å². The second-order valence-corrected chi connectivity index (χ2v) is 7.34. The zero-order chi connectivity index (χ0) is 19.3. The van der Waals surface area contributed by atoms with Crippen molar-refractivity contribution < 1.29 is 9.47 Å². The molecule has 5 nitrogen and oxygen atoms in total.